The van der Waals surface area contributed by atoms with Crippen molar-refractivity contribution in [2.75, 3.05) is 17.7 Å². The molecule has 0 saturated heterocycles. The monoisotopic (exact) mass is 269 g/mol. The third-order valence-corrected chi connectivity index (χ3v) is 4.19. The fourth-order valence-electron chi connectivity index (χ4n) is 1.77. The molecule has 0 aromatic carbocycles. The molecule has 1 saturated carbocycles. The van der Waals surface area contributed by atoms with E-state index in [1.54, 1.807) is 6.20 Å². The Kier molecular flexibility index (Phi) is 2.87. The smallest absolute Gasteiger partial charge is 0.143 e. The molecule has 2 N–H and O–H groups in total. The molecule has 3 nitrogen and oxygen atoms in total. The second-order valence-corrected chi connectivity index (χ2v) is 4.96. The number of pyridine rings is 1. The van der Waals surface area contributed by atoms with Gasteiger partial charge in [0.2, 0.25) is 0 Å². The van der Waals surface area contributed by atoms with Gasteiger partial charge in [-0.3, -0.25) is 0 Å². The van der Waals surface area contributed by atoms with Crippen molar-refractivity contribution in [3.8, 4) is 0 Å². The van der Waals surface area contributed by atoms with Crippen LogP contribution in [-0.4, -0.2) is 18.1 Å². The zero-order valence-electron chi connectivity index (χ0n) is 9.13. The first-order valence-corrected chi connectivity index (χ1v) is 6.04. The number of hydrogen-bond donors (Lipinski definition) is 1. The number of halogens is 1. The molecule has 0 spiro atoms. The van der Waals surface area contributed by atoms with E-state index in [0.717, 1.165) is 21.5 Å². The molecule has 0 aliphatic heterocycles. The van der Waals surface area contributed by atoms with Crippen molar-refractivity contribution in [2.24, 2.45) is 0 Å². The van der Waals surface area contributed by atoms with Gasteiger partial charge in [0, 0.05) is 13.1 Å². The minimum atomic E-state index is 0.650. The second kappa shape index (κ2) is 4.00. The van der Waals surface area contributed by atoms with Gasteiger partial charge in [0.25, 0.3) is 0 Å². The summed E-state index contributed by atoms with van der Waals surface area (Å²) in [6.45, 7) is 2.01. The number of hydrogen-bond acceptors (Lipinski definition) is 3. The molecular weight excluding hydrogens is 254 g/mol. The van der Waals surface area contributed by atoms with Crippen molar-refractivity contribution in [2.45, 2.75) is 32.2 Å². The average Bonchev–Trinajstić information content (AvgIpc) is 2.11. The van der Waals surface area contributed by atoms with Crippen LogP contribution in [0.5, 0.6) is 0 Å². The van der Waals surface area contributed by atoms with Crippen LogP contribution >= 0.6 is 15.9 Å². The van der Waals surface area contributed by atoms with Gasteiger partial charge in [0.05, 0.1) is 16.4 Å². The van der Waals surface area contributed by atoms with Gasteiger partial charge < -0.3 is 10.6 Å². The van der Waals surface area contributed by atoms with Crippen molar-refractivity contribution < 1.29 is 0 Å². The minimum Gasteiger partial charge on any atom is -0.397 e. The van der Waals surface area contributed by atoms with Crippen LogP contribution in [0.25, 0.3) is 0 Å². The highest BCUT2D eigenvalue weighted by atomic mass is 79.9. The normalized spacial score (nSPS) is 16.2. The molecule has 1 fully saturated rings. The molecule has 0 bridgehead atoms. The van der Waals surface area contributed by atoms with Gasteiger partial charge in [-0.1, -0.05) is 0 Å². The highest BCUT2D eigenvalue weighted by molar-refractivity contribution is 9.10. The summed E-state index contributed by atoms with van der Waals surface area (Å²) in [4.78, 5) is 6.65. The quantitative estimate of drug-likeness (QED) is 0.898. The van der Waals surface area contributed by atoms with Gasteiger partial charge in [-0.2, -0.15) is 0 Å². The molecule has 4 heteroatoms. The Labute approximate surface area is 98.8 Å². The van der Waals surface area contributed by atoms with Crippen LogP contribution in [0.1, 0.15) is 24.8 Å². The predicted octanol–water partition coefficient (Wildman–Crippen LogP) is 2.72. The Balaban J connectivity index is 2.31. The lowest BCUT2D eigenvalue weighted by molar-refractivity contribution is 0.399. The summed E-state index contributed by atoms with van der Waals surface area (Å²) in [6.07, 6.45) is 5.62. The van der Waals surface area contributed by atoms with E-state index < -0.39 is 0 Å². The summed E-state index contributed by atoms with van der Waals surface area (Å²) >= 11 is 3.57. The average molecular weight is 270 g/mol. The molecule has 2 rings (SSSR count). The molecule has 0 radical (unpaired) electrons. The summed E-state index contributed by atoms with van der Waals surface area (Å²) < 4.78 is 1.02. The van der Waals surface area contributed by atoms with Crippen LogP contribution in [-0.2, 0) is 0 Å². The highest BCUT2D eigenvalue weighted by Crippen LogP contribution is 2.34. The van der Waals surface area contributed by atoms with Gasteiger partial charge in [0.15, 0.2) is 0 Å². The number of aromatic nitrogens is 1. The molecule has 0 unspecified atom stereocenters. The number of nitrogen functional groups attached to an aromatic ring is 1. The molecule has 82 valence electrons. The maximum absolute atomic E-state index is 5.80. The van der Waals surface area contributed by atoms with Gasteiger partial charge in [-0.15, -0.1) is 0 Å². The Bertz CT molecular complexity index is 374. The Hall–Kier alpha value is -0.770. The molecule has 1 aliphatic carbocycles. The van der Waals surface area contributed by atoms with Crippen molar-refractivity contribution in [1.29, 1.82) is 0 Å². The van der Waals surface area contributed by atoms with Crippen molar-refractivity contribution in [1.82, 2.24) is 4.98 Å². The first-order chi connectivity index (χ1) is 7.11. The molecule has 0 atom stereocenters. The molecule has 1 aromatic rings. The predicted molar refractivity (Wildman–Crippen MR) is 67.1 cm³/mol. The number of rotatable bonds is 2. The molecule has 0 amide bonds. The standard InChI is InChI=1S/C11H16BrN3/c1-7-9(13)6-14-11(10(7)12)15(2)8-4-3-5-8/h6,8H,3-5,13H2,1-2H3. The van der Waals surface area contributed by atoms with Crippen LogP contribution < -0.4 is 10.6 Å². The molecule has 1 aliphatic rings. The largest absolute Gasteiger partial charge is 0.397 e. The molecule has 1 heterocycles. The van der Waals surface area contributed by atoms with E-state index in [4.69, 9.17) is 5.73 Å². The van der Waals surface area contributed by atoms with E-state index >= 15 is 0 Å². The summed E-state index contributed by atoms with van der Waals surface area (Å²) in [5.74, 6) is 1.01. The summed E-state index contributed by atoms with van der Waals surface area (Å²) in [7, 11) is 2.10. The van der Waals surface area contributed by atoms with E-state index in [-0.39, 0.29) is 0 Å². The van der Waals surface area contributed by atoms with Crippen molar-refractivity contribution >= 4 is 27.4 Å². The SMILES string of the molecule is Cc1c(N)cnc(N(C)C2CCC2)c1Br. The molecule has 15 heavy (non-hydrogen) atoms. The minimum absolute atomic E-state index is 0.650. The van der Waals surface area contributed by atoms with Crippen LogP contribution in [0.15, 0.2) is 10.7 Å². The van der Waals surface area contributed by atoms with E-state index in [2.05, 4.69) is 32.9 Å². The van der Waals surface area contributed by atoms with E-state index in [9.17, 15) is 0 Å². The first-order valence-electron chi connectivity index (χ1n) is 5.24. The van der Waals surface area contributed by atoms with Crippen LogP contribution in [0.2, 0.25) is 0 Å². The lowest BCUT2D eigenvalue weighted by Gasteiger charge is -2.36. The number of nitrogens with two attached hydrogens (primary N) is 1. The van der Waals surface area contributed by atoms with Gasteiger partial charge in [-0.25, -0.2) is 4.98 Å². The summed E-state index contributed by atoms with van der Waals surface area (Å²) in [5, 5.41) is 0. The highest BCUT2D eigenvalue weighted by Gasteiger charge is 2.24. The van der Waals surface area contributed by atoms with Gasteiger partial charge in [0.1, 0.15) is 5.82 Å². The number of anilines is 2. The molecule has 1 aromatic heterocycles. The first kappa shape index (κ1) is 10.7. The maximum Gasteiger partial charge on any atom is 0.143 e. The fourth-order valence-corrected chi connectivity index (χ4v) is 2.38. The maximum atomic E-state index is 5.80. The van der Waals surface area contributed by atoms with Crippen LogP contribution in [0, 0.1) is 6.92 Å². The van der Waals surface area contributed by atoms with Crippen molar-refractivity contribution in [3.05, 3.63) is 16.2 Å². The van der Waals surface area contributed by atoms with Crippen LogP contribution in [0.4, 0.5) is 11.5 Å². The van der Waals surface area contributed by atoms with Gasteiger partial charge >= 0.3 is 0 Å². The van der Waals surface area contributed by atoms with E-state index in [1.807, 2.05) is 6.92 Å². The lowest BCUT2D eigenvalue weighted by atomic mass is 9.92. The zero-order valence-corrected chi connectivity index (χ0v) is 10.7. The third kappa shape index (κ3) is 1.83. The van der Waals surface area contributed by atoms with Crippen LogP contribution in [0.3, 0.4) is 0 Å². The second-order valence-electron chi connectivity index (χ2n) is 4.17. The molecular formula is C11H16BrN3. The Morgan fingerprint density at radius 3 is 2.73 bits per heavy atom. The lowest BCUT2D eigenvalue weighted by Crippen LogP contribution is -2.37. The Morgan fingerprint density at radius 2 is 2.20 bits per heavy atom. The Morgan fingerprint density at radius 1 is 1.53 bits per heavy atom. The van der Waals surface area contributed by atoms with Gasteiger partial charge in [-0.05, 0) is 47.7 Å². The summed E-state index contributed by atoms with van der Waals surface area (Å²) in [5.41, 5.74) is 7.62. The summed E-state index contributed by atoms with van der Waals surface area (Å²) in [6, 6.07) is 0.650. The fraction of sp³-hybridized carbons (Fsp3) is 0.545. The zero-order chi connectivity index (χ0) is 11.0. The number of nitrogens with zero attached hydrogens (tertiary/aromatic N) is 2. The third-order valence-electron chi connectivity index (χ3n) is 3.24. The van der Waals surface area contributed by atoms with Crippen molar-refractivity contribution in [3.63, 3.8) is 0 Å². The topological polar surface area (TPSA) is 42.1 Å². The van der Waals surface area contributed by atoms with E-state index in [0.29, 0.717) is 6.04 Å². The van der Waals surface area contributed by atoms with E-state index in [1.165, 1.54) is 19.3 Å².